The average Bonchev–Trinajstić information content (AvgIpc) is 2.51. The normalized spacial score (nSPS) is 10.4. The molecule has 0 amide bonds. The lowest BCUT2D eigenvalue weighted by molar-refractivity contribution is 0.103. The third-order valence-electron chi connectivity index (χ3n) is 3.29. The molecule has 0 radical (unpaired) electrons. The van der Waals surface area contributed by atoms with Gasteiger partial charge in [0.2, 0.25) is 0 Å². The number of unbranched alkanes of at least 4 members (excludes halogenated alkanes) is 2. The summed E-state index contributed by atoms with van der Waals surface area (Å²) in [4.78, 5) is 16.4. The van der Waals surface area contributed by atoms with E-state index in [1.807, 2.05) is 31.2 Å². The Balaban J connectivity index is 2.00. The molecule has 0 aliphatic carbocycles. The molecule has 0 saturated carbocycles. The van der Waals surface area contributed by atoms with Crippen molar-refractivity contribution < 1.29 is 9.53 Å². The third kappa shape index (κ3) is 4.42. The zero-order chi connectivity index (χ0) is 15.1. The Hall–Kier alpha value is -2.16. The van der Waals surface area contributed by atoms with E-state index in [-0.39, 0.29) is 5.78 Å². The first-order chi connectivity index (χ1) is 10.2. The van der Waals surface area contributed by atoms with Crippen LogP contribution in [0.25, 0.3) is 0 Å². The SMILES string of the molecule is CCCCCOc1ccc(C(=O)c2ccnc(C)c2)cc1. The van der Waals surface area contributed by atoms with E-state index in [2.05, 4.69) is 11.9 Å². The van der Waals surface area contributed by atoms with Crippen LogP contribution in [0.4, 0.5) is 0 Å². The molecule has 0 bridgehead atoms. The van der Waals surface area contributed by atoms with Crippen molar-refractivity contribution in [2.45, 2.75) is 33.1 Å². The number of hydrogen-bond donors (Lipinski definition) is 0. The number of ketones is 1. The van der Waals surface area contributed by atoms with E-state index in [0.29, 0.717) is 11.1 Å². The van der Waals surface area contributed by atoms with Crippen LogP contribution in [0, 0.1) is 6.92 Å². The highest BCUT2D eigenvalue weighted by molar-refractivity contribution is 6.09. The minimum absolute atomic E-state index is 0.0121. The van der Waals surface area contributed by atoms with Crippen molar-refractivity contribution in [2.24, 2.45) is 0 Å². The Morgan fingerprint density at radius 1 is 1.10 bits per heavy atom. The van der Waals surface area contributed by atoms with E-state index in [9.17, 15) is 4.79 Å². The topological polar surface area (TPSA) is 39.2 Å². The molecule has 3 nitrogen and oxygen atoms in total. The van der Waals surface area contributed by atoms with Crippen molar-refractivity contribution in [3.8, 4) is 5.75 Å². The van der Waals surface area contributed by atoms with Crippen LogP contribution in [0.2, 0.25) is 0 Å². The lowest BCUT2D eigenvalue weighted by atomic mass is 10.0. The molecule has 1 aromatic heterocycles. The van der Waals surface area contributed by atoms with Crippen LogP contribution < -0.4 is 4.74 Å². The number of hydrogen-bond acceptors (Lipinski definition) is 3. The smallest absolute Gasteiger partial charge is 0.193 e. The summed E-state index contributed by atoms with van der Waals surface area (Å²) in [5, 5.41) is 0. The maximum absolute atomic E-state index is 12.3. The molecule has 2 rings (SSSR count). The van der Waals surface area contributed by atoms with Crippen molar-refractivity contribution in [1.29, 1.82) is 0 Å². The number of aryl methyl sites for hydroxylation is 1. The Morgan fingerprint density at radius 3 is 2.52 bits per heavy atom. The number of carbonyl (C=O) groups excluding carboxylic acids is 1. The molecule has 0 fully saturated rings. The lowest BCUT2D eigenvalue weighted by Crippen LogP contribution is -2.02. The van der Waals surface area contributed by atoms with Crippen molar-refractivity contribution in [2.75, 3.05) is 6.61 Å². The summed E-state index contributed by atoms with van der Waals surface area (Å²) in [5.74, 6) is 0.826. The third-order valence-corrected chi connectivity index (χ3v) is 3.29. The first-order valence-electron chi connectivity index (χ1n) is 7.41. The highest BCUT2D eigenvalue weighted by Gasteiger charge is 2.09. The number of pyridine rings is 1. The second kappa shape index (κ2) is 7.58. The second-order valence-corrected chi connectivity index (χ2v) is 5.09. The number of ether oxygens (including phenoxy) is 1. The average molecular weight is 283 g/mol. The molecule has 21 heavy (non-hydrogen) atoms. The van der Waals surface area contributed by atoms with Gasteiger partial charge in [0, 0.05) is 23.0 Å². The van der Waals surface area contributed by atoms with Gasteiger partial charge in [0.1, 0.15) is 5.75 Å². The van der Waals surface area contributed by atoms with Gasteiger partial charge >= 0.3 is 0 Å². The minimum Gasteiger partial charge on any atom is -0.494 e. The zero-order valence-electron chi connectivity index (χ0n) is 12.6. The van der Waals surface area contributed by atoms with E-state index < -0.39 is 0 Å². The van der Waals surface area contributed by atoms with Crippen LogP contribution in [0.3, 0.4) is 0 Å². The molecule has 0 aliphatic heterocycles. The summed E-state index contributed by atoms with van der Waals surface area (Å²) in [6, 6.07) is 10.9. The molecule has 0 N–H and O–H groups in total. The standard InChI is InChI=1S/C18H21NO2/c1-3-4-5-12-21-17-8-6-15(7-9-17)18(20)16-10-11-19-14(2)13-16/h6-11,13H,3-5,12H2,1-2H3. The first kappa shape index (κ1) is 15.2. The van der Waals surface area contributed by atoms with E-state index in [0.717, 1.165) is 24.5 Å². The van der Waals surface area contributed by atoms with Crippen LogP contribution in [-0.2, 0) is 0 Å². The van der Waals surface area contributed by atoms with E-state index in [4.69, 9.17) is 4.74 Å². The largest absolute Gasteiger partial charge is 0.494 e. The van der Waals surface area contributed by atoms with Crippen LogP contribution in [0.1, 0.15) is 47.8 Å². The molecule has 0 unspecified atom stereocenters. The molecule has 110 valence electrons. The van der Waals surface area contributed by atoms with Gasteiger partial charge in [-0.25, -0.2) is 0 Å². The first-order valence-corrected chi connectivity index (χ1v) is 7.41. The van der Waals surface area contributed by atoms with E-state index in [1.54, 1.807) is 18.3 Å². The van der Waals surface area contributed by atoms with Crippen molar-refractivity contribution >= 4 is 5.78 Å². The number of carbonyl (C=O) groups is 1. The van der Waals surface area contributed by atoms with Gasteiger partial charge in [0.25, 0.3) is 0 Å². The summed E-state index contributed by atoms with van der Waals surface area (Å²) in [6.07, 6.45) is 5.08. The van der Waals surface area contributed by atoms with E-state index in [1.165, 1.54) is 12.8 Å². The number of aromatic nitrogens is 1. The van der Waals surface area contributed by atoms with Crippen LogP contribution in [-0.4, -0.2) is 17.4 Å². The quantitative estimate of drug-likeness (QED) is 0.565. The van der Waals surface area contributed by atoms with Gasteiger partial charge < -0.3 is 4.74 Å². The molecule has 3 heteroatoms. The fourth-order valence-corrected chi connectivity index (χ4v) is 2.10. The molecule has 0 atom stereocenters. The summed E-state index contributed by atoms with van der Waals surface area (Å²) in [7, 11) is 0. The fourth-order valence-electron chi connectivity index (χ4n) is 2.10. The van der Waals surface area contributed by atoms with Crippen LogP contribution >= 0.6 is 0 Å². The van der Waals surface area contributed by atoms with Crippen LogP contribution in [0.5, 0.6) is 5.75 Å². The van der Waals surface area contributed by atoms with Gasteiger partial charge in [-0.05, 0) is 49.7 Å². The molecule has 0 spiro atoms. The van der Waals surface area contributed by atoms with E-state index >= 15 is 0 Å². The molecule has 2 aromatic rings. The van der Waals surface area contributed by atoms with Gasteiger partial charge in [0.05, 0.1) is 6.61 Å². The molecule has 1 heterocycles. The molecule has 1 aromatic carbocycles. The minimum atomic E-state index is 0.0121. The summed E-state index contributed by atoms with van der Waals surface area (Å²) in [6.45, 7) is 4.77. The van der Waals surface area contributed by atoms with Crippen LogP contribution in [0.15, 0.2) is 42.6 Å². The highest BCUT2D eigenvalue weighted by Crippen LogP contribution is 2.16. The van der Waals surface area contributed by atoms with Crippen molar-refractivity contribution in [3.63, 3.8) is 0 Å². The summed E-state index contributed by atoms with van der Waals surface area (Å²) >= 11 is 0. The molecular formula is C18H21NO2. The zero-order valence-corrected chi connectivity index (χ0v) is 12.6. The Labute approximate surface area is 126 Å². The number of rotatable bonds is 7. The Morgan fingerprint density at radius 2 is 1.86 bits per heavy atom. The van der Waals surface area contributed by atoms with Gasteiger partial charge in [-0.3, -0.25) is 9.78 Å². The monoisotopic (exact) mass is 283 g/mol. The number of benzene rings is 1. The fraction of sp³-hybridized carbons (Fsp3) is 0.333. The van der Waals surface area contributed by atoms with Gasteiger partial charge in [0.15, 0.2) is 5.78 Å². The highest BCUT2D eigenvalue weighted by atomic mass is 16.5. The summed E-state index contributed by atoms with van der Waals surface area (Å²) < 4.78 is 5.65. The Bertz CT molecular complexity index is 590. The van der Waals surface area contributed by atoms with Gasteiger partial charge in [-0.2, -0.15) is 0 Å². The van der Waals surface area contributed by atoms with Gasteiger partial charge in [-0.1, -0.05) is 19.8 Å². The Kier molecular flexibility index (Phi) is 5.50. The lowest BCUT2D eigenvalue weighted by Gasteiger charge is -2.07. The van der Waals surface area contributed by atoms with Crippen molar-refractivity contribution in [1.82, 2.24) is 4.98 Å². The molecule has 0 aliphatic rings. The maximum atomic E-state index is 12.3. The predicted octanol–water partition coefficient (Wildman–Crippen LogP) is 4.19. The molecular weight excluding hydrogens is 262 g/mol. The van der Waals surface area contributed by atoms with Crippen molar-refractivity contribution in [3.05, 3.63) is 59.4 Å². The number of nitrogens with zero attached hydrogens (tertiary/aromatic N) is 1. The predicted molar refractivity (Wildman–Crippen MR) is 83.9 cm³/mol. The molecule has 0 saturated heterocycles. The summed E-state index contributed by atoms with van der Waals surface area (Å²) in [5.41, 5.74) is 2.18. The van der Waals surface area contributed by atoms with Gasteiger partial charge in [-0.15, -0.1) is 0 Å². The maximum Gasteiger partial charge on any atom is 0.193 e. The second-order valence-electron chi connectivity index (χ2n) is 5.09.